The Kier molecular flexibility index (Phi) is 6.27. The van der Waals surface area contributed by atoms with Crippen molar-refractivity contribution in [3.05, 3.63) is 69.7 Å². The first-order chi connectivity index (χ1) is 15.0. The average molecular weight is 436 g/mol. The van der Waals surface area contributed by atoms with Crippen LogP contribution in [0.4, 0.5) is 16.2 Å². The summed E-state index contributed by atoms with van der Waals surface area (Å²) in [5.41, 5.74) is 3.78. The number of rotatable bonds is 4. The summed E-state index contributed by atoms with van der Waals surface area (Å²) in [6.07, 6.45) is 1.80. The third-order valence-electron chi connectivity index (χ3n) is 5.30. The maximum absolute atomic E-state index is 12.7. The van der Waals surface area contributed by atoms with E-state index in [4.69, 9.17) is 0 Å². The molecule has 2 heterocycles. The molecule has 1 fully saturated rings. The lowest BCUT2D eigenvalue weighted by Gasteiger charge is -2.31. The van der Waals surface area contributed by atoms with Gasteiger partial charge >= 0.3 is 6.03 Å². The molecule has 1 aliphatic rings. The number of aromatic nitrogens is 2. The van der Waals surface area contributed by atoms with E-state index in [1.165, 1.54) is 11.3 Å². The molecule has 1 aliphatic heterocycles. The van der Waals surface area contributed by atoms with E-state index in [-0.39, 0.29) is 17.9 Å². The van der Waals surface area contributed by atoms with Crippen LogP contribution in [0.25, 0.3) is 0 Å². The van der Waals surface area contributed by atoms with Crippen molar-refractivity contribution >= 4 is 34.6 Å². The molecule has 160 valence electrons. The van der Waals surface area contributed by atoms with Crippen LogP contribution in [0, 0.1) is 13.8 Å². The van der Waals surface area contributed by atoms with Gasteiger partial charge in [0, 0.05) is 30.4 Å². The molecule has 0 bridgehead atoms. The van der Waals surface area contributed by atoms with Crippen LogP contribution in [-0.4, -0.2) is 40.1 Å². The number of nitrogens with zero attached hydrogens (tertiary/aromatic N) is 3. The fraction of sp³-hybridized carbons (Fsp3) is 0.304. The predicted molar refractivity (Wildman–Crippen MR) is 123 cm³/mol. The number of likely N-dealkylation sites (tertiary alicyclic amines) is 1. The highest BCUT2D eigenvalue weighted by molar-refractivity contribution is 7.13. The van der Waals surface area contributed by atoms with E-state index < -0.39 is 0 Å². The first kappa shape index (κ1) is 21.0. The summed E-state index contributed by atoms with van der Waals surface area (Å²) in [5, 5.41) is 15.3. The standard InChI is InChI=1S/C23H25N5O2S/c1-15-5-9-18(10-6-15)24-20(29)22-27-26-21(31-22)17-4-3-13-28(14-17)23(30)25-19-11-7-16(2)8-12-19/h5-12,17H,3-4,13-14H2,1-2H3,(H,24,29)(H,25,30)/t17-/m1/s1. The molecule has 3 amide bonds. The van der Waals surface area contributed by atoms with Crippen molar-refractivity contribution in [1.82, 2.24) is 15.1 Å². The van der Waals surface area contributed by atoms with Gasteiger partial charge in [0.2, 0.25) is 5.01 Å². The maximum atomic E-state index is 12.7. The van der Waals surface area contributed by atoms with Crippen LogP contribution in [0.5, 0.6) is 0 Å². The lowest BCUT2D eigenvalue weighted by atomic mass is 9.99. The molecule has 0 unspecified atom stereocenters. The minimum atomic E-state index is -0.266. The SMILES string of the molecule is Cc1ccc(NC(=O)c2nnc([C@@H]3CCCN(C(=O)Nc4ccc(C)cc4)C3)s2)cc1. The van der Waals surface area contributed by atoms with Gasteiger partial charge < -0.3 is 15.5 Å². The molecular formula is C23H25N5O2S. The maximum Gasteiger partial charge on any atom is 0.321 e. The predicted octanol–water partition coefficient (Wildman–Crippen LogP) is 4.82. The van der Waals surface area contributed by atoms with Crippen LogP contribution in [0.15, 0.2) is 48.5 Å². The highest BCUT2D eigenvalue weighted by Gasteiger charge is 2.28. The van der Waals surface area contributed by atoms with Crippen LogP contribution in [0.1, 0.15) is 44.7 Å². The van der Waals surface area contributed by atoms with Crippen molar-refractivity contribution in [3.63, 3.8) is 0 Å². The van der Waals surface area contributed by atoms with Gasteiger partial charge in [-0.15, -0.1) is 10.2 Å². The molecule has 2 N–H and O–H groups in total. The number of hydrogen-bond donors (Lipinski definition) is 2. The molecule has 7 nitrogen and oxygen atoms in total. The Balaban J connectivity index is 1.37. The van der Waals surface area contributed by atoms with Crippen LogP contribution in [0.2, 0.25) is 0 Å². The summed E-state index contributed by atoms with van der Waals surface area (Å²) in [6, 6.07) is 15.2. The van der Waals surface area contributed by atoms with Crippen LogP contribution >= 0.6 is 11.3 Å². The van der Waals surface area contributed by atoms with E-state index >= 15 is 0 Å². The van der Waals surface area contributed by atoms with Gasteiger partial charge in [0.15, 0.2) is 0 Å². The van der Waals surface area contributed by atoms with Crippen LogP contribution in [-0.2, 0) is 0 Å². The molecule has 8 heteroatoms. The largest absolute Gasteiger partial charge is 0.324 e. The quantitative estimate of drug-likeness (QED) is 0.615. The third kappa shape index (κ3) is 5.27. The first-order valence-electron chi connectivity index (χ1n) is 10.3. The molecule has 0 saturated carbocycles. The van der Waals surface area contributed by atoms with E-state index in [2.05, 4.69) is 20.8 Å². The number of aryl methyl sites for hydroxylation is 2. The number of nitrogens with one attached hydrogen (secondary N) is 2. The molecule has 2 aromatic carbocycles. The van der Waals surface area contributed by atoms with Gasteiger partial charge in [-0.2, -0.15) is 0 Å². The van der Waals surface area contributed by atoms with E-state index in [1.54, 1.807) is 0 Å². The molecule has 1 aromatic heterocycles. The third-order valence-corrected chi connectivity index (χ3v) is 6.39. The Bertz CT molecular complexity index is 1060. The van der Waals surface area contributed by atoms with Crippen molar-refractivity contribution in [3.8, 4) is 0 Å². The van der Waals surface area contributed by atoms with E-state index in [0.717, 1.165) is 40.4 Å². The van der Waals surface area contributed by atoms with E-state index in [1.807, 2.05) is 67.3 Å². The van der Waals surface area contributed by atoms with Crippen molar-refractivity contribution in [2.75, 3.05) is 23.7 Å². The zero-order valence-electron chi connectivity index (χ0n) is 17.6. The number of piperidine rings is 1. The normalized spacial score (nSPS) is 16.1. The number of anilines is 2. The van der Waals surface area contributed by atoms with Gasteiger partial charge in [-0.1, -0.05) is 46.7 Å². The Morgan fingerprint density at radius 1 is 0.935 bits per heavy atom. The molecule has 0 radical (unpaired) electrons. The van der Waals surface area contributed by atoms with Gasteiger partial charge in [-0.25, -0.2) is 4.79 Å². The van der Waals surface area contributed by atoms with Gasteiger partial charge in [0.25, 0.3) is 5.91 Å². The molecule has 1 saturated heterocycles. The molecular weight excluding hydrogens is 410 g/mol. The average Bonchev–Trinajstić information content (AvgIpc) is 3.28. The molecule has 3 aromatic rings. The minimum absolute atomic E-state index is 0.0796. The van der Waals surface area contributed by atoms with Crippen molar-refractivity contribution in [2.45, 2.75) is 32.6 Å². The first-order valence-corrected chi connectivity index (χ1v) is 11.1. The highest BCUT2D eigenvalue weighted by Crippen LogP contribution is 2.29. The summed E-state index contributed by atoms with van der Waals surface area (Å²) < 4.78 is 0. The number of amides is 3. The molecule has 31 heavy (non-hydrogen) atoms. The molecule has 0 aliphatic carbocycles. The second-order valence-corrected chi connectivity index (χ2v) is 8.86. The van der Waals surface area contributed by atoms with Gasteiger partial charge in [-0.3, -0.25) is 4.79 Å². The lowest BCUT2D eigenvalue weighted by Crippen LogP contribution is -2.41. The second-order valence-electron chi connectivity index (χ2n) is 7.85. The molecule has 0 spiro atoms. The topological polar surface area (TPSA) is 87.2 Å². The van der Waals surface area contributed by atoms with Crippen LogP contribution in [0.3, 0.4) is 0 Å². The number of carbonyl (C=O) groups excluding carboxylic acids is 2. The zero-order chi connectivity index (χ0) is 21.8. The smallest absolute Gasteiger partial charge is 0.321 e. The highest BCUT2D eigenvalue weighted by atomic mass is 32.1. The van der Waals surface area contributed by atoms with E-state index in [9.17, 15) is 9.59 Å². The van der Waals surface area contributed by atoms with Crippen molar-refractivity contribution < 1.29 is 9.59 Å². The lowest BCUT2D eigenvalue weighted by molar-refractivity contribution is 0.102. The Morgan fingerprint density at radius 3 is 2.19 bits per heavy atom. The summed E-state index contributed by atoms with van der Waals surface area (Å²) in [5.74, 6) is -0.187. The number of hydrogen-bond acceptors (Lipinski definition) is 5. The van der Waals surface area contributed by atoms with E-state index in [0.29, 0.717) is 18.1 Å². The van der Waals surface area contributed by atoms with Crippen molar-refractivity contribution in [2.24, 2.45) is 0 Å². The summed E-state index contributed by atoms with van der Waals surface area (Å²) in [6.45, 7) is 5.27. The summed E-state index contributed by atoms with van der Waals surface area (Å²) in [7, 11) is 0. The Morgan fingerprint density at radius 2 is 1.55 bits per heavy atom. The fourth-order valence-corrected chi connectivity index (χ4v) is 4.38. The molecule has 4 rings (SSSR count). The summed E-state index contributed by atoms with van der Waals surface area (Å²) >= 11 is 1.30. The number of carbonyl (C=O) groups is 2. The zero-order valence-corrected chi connectivity index (χ0v) is 18.4. The second kappa shape index (κ2) is 9.26. The Hall–Kier alpha value is -3.26. The van der Waals surface area contributed by atoms with Crippen molar-refractivity contribution in [1.29, 1.82) is 0 Å². The summed E-state index contributed by atoms with van der Waals surface area (Å²) in [4.78, 5) is 27.0. The van der Waals surface area contributed by atoms with Gasteiger partial charge in [0.05, 0.1) is 0 Å². The molecule has 1 atom stereocenters. The minimum Gasteiger partial charge on any atom is -0.324 e. The Labute approximate surface area is 185 Å². The number of urea groups is 1. The van der Waals surface area contributed by atoms with Crippen LogP contribution < -0.4 is 10.6 Å². The number of benzene rings is 2. The monoisotopic (exact) mass is 435 g/mol. The van der Waals surface area contributed by atoms with Gasteiger partial charge in [0.1, 0.15) is 5.01 Å². The fourth-order valence-electron chi connectivity index (χ4n) is 3.52. The van der Waals surface area contributed by atoms with Gasteiger partial charge in [-0.05, 0) is 51.0 Å².